The standard InChI is InChI=1S/C15H21NO4S/c1-11-2-8-14(9-3-11)21(18,19)20-10-12-4-6-13(7-5-12)15(16)17/h2-3,8-9,12-13H,4-7,10H2,1H3,(H2,16,17)/t12-,13-. The number of benzene rings is 1. The van der Waals surface area contributed by atoms with E-state index in [1.807, 2.05) is 6.92 Å². The molecule has 0 aliphatic heterocycles. The Hall–Kier alpha value is -1.40. The fourth-order valence-corrected chi connectivity index (χ4v) is 3.55. The molecule has 1 amide bonds. The molecule has 21 heavy (non-hydrogen) atoms. The molecule has 0 unspecified atom stereocenters. The largest absolute Gasteiger partial charge is 0.369 e. The third kappa shape index (κ3) is 4.28. The SMILES string of the molecule is Cc1ccc(S(=O)(=O)OC[C@H]2CC[C@H](C(N)=O)CC2)cc1. The number of amides is 1. The molecule has 0 bridgehead atoms. The van der Waals surface area contributed by atoms with E-state index in [4.69, 9.17) is 9.92 Å². The molecule has 5 nitrogen and oxygen atoms in total. The van der Waals surface area contributed by atoms with Gasteiger partial charge >= 0.3 is 0 Å². The van der Waals surface area contributed by atoms with Crippen LogP contribution >= 0.6 is 0 Å². The lowest BCUT2D eigenvalue weighted by Crippen LogP contribution is -2.29. The molecule has 1 fully saturated rings. The van der Waals surface area contributed by atoms with Crippen molar-refractivity contribution in [1.29, 1.82) is 0 Å². The fraction of sp³-hybridized carbons (Fsp3) is 0.533. The van der Waals surface area contributed by atoms with Gasteiger partial charge in [0, 0.05) is 5.92 Å². The van der Waals surface area contributed by atoms with E-state index in [9.17, 15) is 13.2 Å². The highest BCUT2D eigenvalue weighted by Crippen LogP contribution is 2.29. The second kappa shape index (κ2) is 6.58. The van der Waals surface area contributed by atoms with Gasteiger partial charge < -0.3 is 5.73 Å². The average molecular weight is 311 g/mol. The van der Waals surface area contributed by atoms with E-state index in [-0.39, 0.29) is 29.2 Å². The summed E-state index contributed by atoms with van der Waals surface area (Å²) in [4.78, 5) is 11.3. The molecule has 2 rings (SSSR count). The predicted molar refractivity (Wildman–Crippen MR) is 79.0 cm³/mol. The van der Waals surface area contributed by atoms with Crippen LogP contribution in [0.5, 0.6) is 0 Å². The predicted octanol–water partition coefficient (Wildman–Crippen LogP) is 1.99. The van der Waals surface area contributed by atoms with E-state index in [0.717, 1.165) is 18.4 Å². The van der Waals surface area contributed by atoms with E-state index in [2.05, 4.69) is 0 Å². The van der Waals surface area contributed by atoms with Gasteiger partial charge in [-0.15, -0.1) is 0 Å². The van der Waals surface area contributed by atoms with Gasteiger partial charge in [0.15, 0.2) is 0 Å². The van der Waals surface area contributed by atoms with Crippen molar-refractivity contribution in [3.8, 4) is 0 Å². The van der Waals surface area contributed by atoms with Gasteiger partial charge in [-0.25, -0.2) is 0 Å². The average Bonchev–Trinajstić information content (AvgIpc) is 2.46. The maximum absolute atomic E-state index is 12.1. The second-order valence-electron chi connectivity index (χ2n) is 5.67. The summed E-state index contributed by atoms with van der Waals surface area (Å²) >= 11 is 0. The van der Waals surface area contributed by atoms with E-state index >= 15 is 0 Å². The highest BCUT2D eigenvalue weighted by Gasteiger charge is 2.26. The summed E-state index contributed by atoms with van der Waals surface area (Å²) in [6.07, 6.45) is 2.98. The number of rotatable bonds is 5. The van der Waals surface area contributed by atoms with Gasteiger partial charge in [-0.3, -0.25) is 8.98 Å². The van der Waals surface area contributed by atoms with Crippen molar-refractivity contribution in [2.75, 3.05) is 6.61 Å². The Morgan fingerprint density at radius 1 is 1.19 bits per heavy atom. The minimum Gasteiger partial charge on any atom is -0.369 e. The van der Waals surface area contributed by atoms with Crippen LogP contribution in [-0.4, -0.2) is 20.9 Å². The van der Waals surface area contributed by atoms with Crippen molar-refractivity contribution in [3.63, 3.8) is 0 Å². The smallest absolute Gasteiger partial charge is 0.296 e. The molecule has 0 aromatic heterocycles. The van der Waals surface area contributed by atoms with Gasteiger partial charge in [0.1, 0.15) is 0 Å². The van der Waals surface area contributed by atoms with Crippen LogP contribution in [-0.2, 0) is 19.1 Å². The van der Waals surface area contributed by atoms with Crippen molar-refractivity contribution < 1.29 is 17.4 Å². The van der Waals surface area contributed by atoms with Crippen molar-refractivity contribution in [2.24, 2.45) is 17.6 Å². The molecule has 1 aromatic carbocycles. The maximum atomic E-state index is 12.1. The number of hydrogen-bond donors (Lipinski definition) is 1. The number of nitrogens with two attached hydrogens (primary N) is 1. The third-order valence-electron chi connectivity index (χ3n) is 4.02. The van der Waals surface area contributed by atoms with E-state index in [1.54, 1.807) is 24.3 Å². The molecule has 116 valence electrons. The van der Waals surface area contributed by atoms with E-state index in [0.29, 0.717) is 12.8 Å². The fourth-order valence-electron chi connectivity index (χ4n) is 2.57. The molecule has 0 radical (unpaired) electrons. The second-order valence-corrected chi connectivity index (χ2v) is 7.29. The summed E-state index contributed by atoms with van der Waals surface area (Å²) in [5, 5.41) is 0. The molecule has 2 N–H and O–H groups in total. The van der Waals surface area contributed by atoms with Gasteiger partial charge in [-0.1, -0.05) is 17.7 Å². The molecule has 1 aromatic rings. The molecular weight excluding hydrogens is 290 g/mol. The monoisotopic (exact) mass is 311 g/mol. The van der Waals surface area contributed by atoms with Gasteiger partial charge in [0.25, 0.3) is 10.1 Å². The molecule has 1 aliphatic carbocycles. The molecule has 1 saturated carbocycles. The van der Waals surface area contributed by atoms with Crippen LogP contribution in [0.25, 0.3) is 0 Å². The third-order valence-corrected chi connectivity index (χ3v) is 5.31. The highest BCUT2D eigenvalue weighted by molar-refractivity contribution is 7.86. The summed E-state index contributed by atoms with van der Waals surface area (Å²) in [6, 6.07) is 6.59. The molecular formula is C15H21NO4S. The van der Waals surface area contributed by atoms with Crippen LogP contribution in [0.1, 0.15) is 31.2 Å². The Morgan fingerprint density at radius 3 is 2.29 bits per heavy atom. The first kappa shape index (κ1) is 16.0. The zero-order chi connectivity index (χ0) is 15.5. The Kier molecular flexibility index (Phi) is 5.00. The lowest BCUT2D eigenvalue weighted by atomic mass is 9.82. The molecule has 0 atom stereocenters. The first-order valence-corrected chi connectivity index (χ1v) is 8.55. The molecule has 6 heteroatoms. The molecule has 0 saturated heterocycles. The summed E-state index contributed by atoms with van der Waals surface area (Å²) in [5.41, 5.74) is 6.28. The van der Waals surface area contributed by atoms with Crippen LogP contribution in [0, 0.1) is 18.8 Å². The zero-order valence-corrected chi connectivity index (χ0v) is 12.9. The summed E-state index contributed by atoms with van der Waals surface area (Å²) in [6.45, 7) is 2.07. The van der Waals surface area contributed by atoms with E-state index < -0.39 is 10.1 Å². The van der Waals surface area contributed by atoms with Crippen molar-refractivity contribution >= 4 is 16.0 Å². The number of carbonyl (C=O) groups excluding carboxylic acids is 1. The van der Waals surface area contributed by atoms with Crippen LogP contribution in [0.15, 0.2) is 29.2 Å². The minimum absolute atomic E-state index is 0.0741. The van der Waals surface area contributed by atoms with Crippen LogP contribution in [0.2, 0.25) is 0 Å². The minimum atomic E-state index is -3.70. The summed E-state index contributed by atoms with van der Waals surface area (Å²) in [5.74, 6) is -0.169. The van der Waals surface area contributed by atoms with Crippen LogP contribution in [0.4, 0.5) is 0 Å². The Bertz CT molecular complexity index is 587. The number of primary amides is 1. The van der Waals surface area contributed by atoms with E-state index in [1.165, 1.54) is 0 Å². The normalized spacial score (nSPS) is 22.9. The molecule has 0 spiro atoms. The first-order chi connectivity index (χ1) is 9.88. The van der Waals surface area contributed by atoms with Gasteiger partial charge in [0.05, 0.1) is 11.5 Å². The first-order valence-electron chi connectivity index (χ1n) is 7.14. The van der Waals surface area contributed by atoms with Crippen molar-refractivity contribution in [3.05, 3.63) is 29.8 Å². The van der Waals surface area contributed by atoms with Gasteiger partial charge in [-0.05, 0) is 50.7 Å². The zero-order valence-electron chi connectivity index (χ0n) is 12.1. The van der Waals surface area contributed by atoms with Gasteiger partial charge in [-0.2, -0.15) is 8.42 Å². The highest BCUT2D eigenvalue weighted by atomic mass is 32.2. The number of hydrogen-bond acceptors (Lipinski definition) is 4. The topological polar surface area (TPSA) is 86.5 Å². The Morgan fingerprint density at radius 2 is 1.76 bits per heavy atom. The van der Waals surface area contributed by atoms with Gasteiger partial charge in [0.2, 0.25) is 5.91 Å². The molecule has 0 heterocycles. The van der Waals surface area contributed by atoms with Crippen LogP contribution < -0.4 is 5.73 Å². The molecule has 1 aliphatic rings. The van der Waals surface area contributed by atoms with Crippen molar-refractivity contribution in [1.82, 2.24) is 0 Å². The van der Waals surface area contributed by atoms with Crippen LogP contribution in [0.3, 0.4) is 0 Å². The quantitative estimate of drug-likeness (QED) is 0.843. The summed E-state index contributed by atoms with van der Waals surface area (Å²) < 4.78 is 29.3. The number of carbonyl (C=O) groups is 1. The lowest BCUT2D eigenvalue weighted by Gasteiger charge is -2.26. The summed E-state index contributed by atoms with van der Waals surface area (Å²) in [7, 11) is -3.70. The Balaban J connectivity index is 1.88. The maximum Gasteiger partial charge on any atom is 0.296 e. The lowest BCUT2D eigenvalue weighted by molar-refractivity contribution is -0.123. The Labute approximate surface area is 125 Å². The van der Waals surface area contributed by atoms with Crippen molar-refractivity contribution in [2.45, 2.75) is 37.5 Å². The number of aryl methyl sites for hydroxylation is 1.